The Bertz CT molecular complexity index is 197. The second-order valence-corrected chi connectivity index (χ2v) is 3.45. The number of amides is 1. The molecular weight excluding hydrogens is 215 g/mol. The molecular formula is C7H14Cl2N2O2. The average Bonchev–Trinajstić information content (AvgIpc) is 1.91. The van der Waals surface area contributed by atoms with Gasteiger partial charge >= 0.3 is 0 Å². The average molecular weight is 229 g/mol. The van der Waals surface area contributed by atoms with E-state index in [2.05, 4.69) is 10.6 Å². The third-order valence-corrected chi connectivity index (χ3v) is 2.53. The summed E-state index contributed by atoms with van der Waals surface area (Å²) in [6, 6.07) is 0. The van der Waals surface area contributed by atoms with Crippen molar-refractivity contribution >= 4 is 30.7 Å². The van der Waals surface area contributed by atoms with Crippen LogP contribution in [0.5, 0.6) is 0 Å². The van der Waals surface area contributed by atoms with Gasteiger partial charge in [-0.25, -0.2) is 0 Å². The minimum Gasteiger partial charge on any atom is -0.391 e. The van der Waals surface area contributed by atoms with Gasteiger partial charge in [0.2, 0.25) is 5.91 Å². The Morgan fingerprint density at radius 3 is 2.38 bits per heavy atom. The molecule has 2 fully saturated rings. The smallest absolute Gasteiger partial charge is 0.228 e. The van der Waals surface area contributed by atoms with E-state index in [9.17, 15) is 9.90 Å². The van der Waals surface area contributed by atoms with Gasteiger partial charge in [-0.1, -0.05) is 0 Å². The second-order valence-electron chi connectivity index (χ2n) is 3.45. The highest BCUT2D eigenvalue weighted by molar-refractivity contribution is 5.86. The molecule has 0 saturated carbocycles. The highest BCUT2D eigenvalue weighted by Crippen LogP contribution is 2.31. The van der Waals surface area contributed by atoms with Crippen LogP contribution >= 0.6 is 24.8 Å². The summed E-state index contributed by atoms with van der Waals surface area (Å²) in [5.74, 6) is 0.0987. The Kier molecular flexibility index (Phi) is 4.45. The number of rotatable bonds is 0. The molecule has 0 aromatic rings. The molecule has 3 N–H and O–H groups in total. The summed E-state index contributed by atoms with van der Waals surface area (Å²) >= 11 is 0. The van der Waals surface area contributed by atoms with Gasteiger partial charge in [0.25, 0.3) is 0 Å². The van der Waals surface area contributed by atoms with Crippen LogP contribution in [0.4, 0.5) is 0 Å². The van der Waals surface area contributed by atoms with Crippen molar-refractivity contribution in [1.29, 1.82) is 0 Å². The summed E-state index contributed by atoms with van der Waals surface area (Å²) in [6.45, 7) is 1.85. The fourth-order valence-corrected chi connectivity index (χ4v) is 1.75. The number of piperidine rings is 1. The Morgan fingerprint density at radius 1 is 1.38 bits per heavy atom. The Labute approximate surface area is 89.3 Å². The molecule has 0 bridgehead atoms. The molecule has 78 valence electrons. The Hall–Kier alpha value is -0.0300. The van der Waals surface area contributed by atoms with Gasteiger partial charge < -0.3 is 15.7 Å². The quantitative estimate of drug-likeness (QED) is 0.514. The number of β-amino-alcohol motifs (C(OH)–C–C–N with tert-alkyl or cyclic N) is 1. The van der Waals surface area contributed by atoms with E-state index < -0.39 is 0 Å². The SMILES string of the molecule is Cl.Cl.O=C1NCC(O)CC12CNC2. The molecule has 0 aromatic heterocycles. The third-order valence-electron chi connectivity index (χ3n) is 2.53. The van der Waals surface area contributed by atoms with E-state index in [-0.39, 0.29) is 42.2 Å². The predicted octanol–water partition coefficient (Wildman–Crippen LogP) is -0.700. The summed E-state index contributed by atoms with van der Waals surface area (Å²) < 4.78 is 0. The van der Waals surface area contributed by atoms with Crippen molar-refractivity contribution in [3.8, 4) is 0 Å². The molecule has 2 aliphatic heterocycles. The standard InChI is InChI=1S/C7H12N2O2.2ClH/c10-5-1-7(3-8-4-7)6(11)9-2-5;;/h5,8,10H,1-4H2,(H,9,11);2*1H. The molecule has 2 saturated heterocycles. The largest absolute Gasteiger partial charge is 0.391 e. The van der Waals surface area contributed by atoms with E-state index in [1.165, 1.54) is 0 Å². The lowest BCUT2D eigenvalue weighted by atomic mass is 9.74. The number of hydrogen-bond donors (Lipinski definition) is 3. The van der Waals surface area contributed by atoms with Crippen LogP contribution < -0.4 is 10.6 Å². The molecule has 2 aliphatic rings. The molecule has 1 spiro atoms. The first kappa shape index (κ1) is 13.0. The Balaban J connectivity index is 0.000000720. The summed E-state index contributed by atoms with van der Waals surface area (Å²) in [4.78, 5) is 11.3. The van der Waals surface area contributed by atoms with Gasteiger partial charge in [-0.3, -0.25) is 4.79 Å². The van der Waals surface area contributed by atoms with Gasteiger partial charge in [0, 0.05) is 19.6 Å². The van der Waals surface area contributed by atoms with Crippen molar-refractivity contribution in [2.24, 2.45) is 5.41 Å². The fraction of sp³-hybridized carbons (Fsp3) is 0.857. The summed E-state index contributed by atoms with van der Waals surface area (Å²) in [6.07, 6.45) is 0.265. The molecule has 0 radical (unpaired) electrons. The molecule has 1 amide bonds. The molecule has 2 rings (SSSR count). The Morgan fingerprint density at radius 2 is 2.00 bits per heavy atom. The number of carbonyl (C=O) groups is 1. The van der Waals surface area contributed by atoms with Crippen molar-refractivity contribution in [3.63, 3.8) is 0 Å². The lowest BCUT2D eigenvalue weighted by molar-refractivity contribution is -0.140. The molecule has 1 unspecified atom stereocenters. The molecule has 13 heavy (non-hydrogen) atoms. The maximum absolute atomic E-state index is 11.3. The highest BCUT2D eigenvalue weighted by Gasteiger charge is 2.47. The van der Waals surface area contributed by atoms with Crippen LogP contribution in [0, 0.1) is 5.41 Å². The van der Waals surface area contributed by atoms with Gasteiger partial charge in [0.1, 0.15) is 0 Å². The topological polar surface area (TPSA) is 61.4 Å². The molecule has 1 atom stereocenters. The number of carbonyl (C=O) groups excluding carboxylic acids is 1. The van der Waals surface area contributed by atoms with E-state index >= 15 is 0 Å². The first-order chi connectivity index (χ1) is 5.23. The van der Waals surface area contributed by atoms with Crippen molar-refractivity contribution < 1.29 is 9.90 Å². The summed E-state index contributed by atoms with van der Waals surface area (Å²) in [5, 5.41) is 15.0. The maximum atomic E-state index is 11.3. The van der Waals surface area contributed by atoms with E-state index in [4.69, 9.17) is 0 Å². The number of hydrogen-bond acceptors (Lipinski definition) is 3. The number of nitrogens with one attached hydrogen (secondary N) is 2. The van der Waals surface area contributed by atoms with Gasteiger partial charge in [0.05, 0.1) is 11.5 Å². The third kappa shape index (κ3) is 2.07. The van der Waals surface area contributed by atoms with Crippen LogP contribution in [0.1, 0.15) is 6.42 Å². The monoisotopic (exact) mass is 228 g/mol. The predicted molar refractivity (Wildman–Crippen MR) is 53.4 cm³/mol. The van der Waals surface area contributed by atoms with Gasteiger partial charge in [-0.05, 0) is 6.42 Å². The van der Waals surface area contributed by atoms with Crippen molar-refractivity contribution in [1.82, 2.24) is 10.6 Å². The lowest BCUT2D eigenvalue weighted by Crippen LogP contribution is -2.66. The van der Waals surface area contributed by atoms with Crippen molar-refractivity contribution in [3.05, 3.63) is 0 Å². The zero-order valence-electron chi connectivity index (χ0n) is 7.08. The zero-order valence-corrected chi connectivity index (χ0v) is 8.71. The first-order valence-corrected chi connectivity index (χ1v) is 3.90. The summed E-state index contributed by atoms with van der Waals surface area (Å²) in [5.41, 5.74) is -0.280. The first-order valence-electron chi connectivity index (χ1n) is 3.90. The second kappa shape index (κ2) is 4.46. The minimum atomic E-state index is -0.352. The highest BCUT2D eigenvalue weighted by atomic mass is 35.5. The van der Waals surface area contributed by atoms with Crippen LogP contribution in [-0.2, 0) is 4.79 Å². The van der Waals surface area contributed by atoms with E-state index in [1.807, 2.05) is 0 Å². The van der Waals surface area contributed by atoms with Crippen LogP contribution in [0.3, 0.4) is 0 Å². The van der Waals surface area contributed by atoms with Crippen LogP contribution in [-0.4, -0.2) is 36.8 Å². The van der Waals surface area contributed by atoms with Gasteiger partial charge in [-0.2, -0.15) is 0 Å². The van der Waals surface area contributed by atoms with Crippen molar-refractivity contribution in [2.45, 2.75) is 12.5 Å². The number of aliphatic hydroxyl groups is 1. The minimum absolute atomic E-state index is 0. The van der Waals surface area contributed by atoms with E-state index in [0.29, 0.717) is 13.0 Å². The van der Waals surface area contributed by atoms with Gasteiger partial charge in [0.15, 0.2) is 0 Å². The molecule has 4 nitrogen and oxygen atoms in total. The fourth-order valence-electron chi connectivity index (χ4n) is 1.75. The van der Waals surface area contributed by atoms with E-state index in [0.717, 1.165) is 13.1 Å². The van der Waals surface area contributed by atoms with Crippen molar-refractivity contribution in [2.75, 3.05) is 19.6 Å². The zero-order chi connectivity index (χ0) is 7.90. The van der Waals surface area contributed by atoms with Crippen LogP contribution in [0.15, 0.2) is 0 Å². The number of halogens is 2. The molecule has 6 heteroatoms. The van der Waals surface area contributed by atoms with Crippen LogP contribution in [0.2, 0.25) is 0 Å². The number of aliphatic hydroxyl groups excluding tert-OH is 1. The molecule has 0 aliphatic carbocycles. The molecule has 2 heterocycles. The van der Waals surface area contributed by atoms with E-state index in [1.54, 1.807) is 0 Å². The lowest BCUT2D eigenvalue weighted by Gasteiger charge is -2.45. The molecule has 0 aromatic carbocycles. The normalized spacial score (nSPS) is 29.3. The van der Waals surface area contributed by atoms with Gasteiger partial charge in [-0.15, -0.1) is 24.8 Å². The van der Waals surface area contributed by atoms with Crippen LogP contribution in [0.25, 0.3) is 0 Å². The summed E-state index contributed by atoms with van der Waals surface area (Å²) in [7, 11) is 0. The maximum Gasteiger partial charge on any atom is 0.228 e.